The highest BCUT2D eigenvalue weighted by molar-refractivity contribution is 7.99. The van der Waals surface area contributed by atoms with Crippen LogP contribution in [-0.4, -0.2) is 48.1 Å². The maximum atomic E-state index is 12.2. The second-order valence-corrected chi connectivity index (χ2v) is 7.65. The Hall–Kier alpha value is -1.04. The third-order valence-electron chi connectivity index (χ3n) is 4.52. The molecule has 2 fully saturated rings. The van der Waals surface area contributed by atoms with Crippen molar-refractivity contribution in [3.05, 3.63) is 29.3 Å². The van der Waals surface area contributed by atoms with Crippen molar-refractivity contribution in [1.29, 1.82) is 0 Å². The van der Waals surface area contributed by atoms with Crippen molar-refractivity contribution in [2.24, 2.45) is 0 Å². The van der Waals surface area contributed by atoms with Gasteiger partial charge >= 0.3 is 0 Å². The van der Waals surface area contributed by atoms with Crippen LogP contribution in [0.4, 0.5) is 5.69 Å². The Morgan fingerprint density at radius 3 is 2.96 bits per heavy atom. The summed E-state index contributed by atoms with van der Waals surface area (Å²) in [4.78, 5) is 14.7. The van der Waals surface area contributed by atoms with Crippen LogP contribution in [0.5, 0.6) is 0 Å². The van der Waals surface area contributed by atoms with E-state index in [2.05, 4.69) is 28.4 Å². The number of nitrogens with zero attached hydrogens (tertiary/aromatic N) is 1. The van der Waals surface area contributed by atoms with Crippen LogP contribution in [0, 0.1) is 6.92 Å². The number of carbonyl (C=O) groups excluding carboxylic acids is 1. The molecular weight excluding hydrogens is 308 g/mol. The number of ether oxygens (including phenoxy) is 1. The highest BCUT2D eigenvalue weighted by Gasteiger charge is 2.19. The number of hydrogen-bond acceptors (Lipinski definition) is 4. The Morgan fingerprint density at radius 2 is 2.22 bits per heavy atom. The summed E-state index contributed by atoms with van der Waals surface area (Å²) < 4.78 is 5.55. The number of nitrogens with one attached hydrogen (secondary N) is 1. The molecule has 0 aromatic heterocycles. The summed E-state index contributed by atoms with van der Waals surface area (Å²) in [7, 11) is 0. The maximum absolute atomic E-state index is 12.2. The van der Waals surface area contributed by atoms with Crippen LogP contribution in [0.2, 0.25) is 0 Å². The van der Waals surface area contributed by atoms with E-state index in [1.165, 1.54) is 17.1 Å². The van der Waals surface area contributed by atoms with Gasteiger partial charge < -0.3 is 10.1 Å². The first-order valence-electron chi connectivity index (χ1n) is 8.52. The minimum absolute atomic E-state index is 0.0616. The molecular formula is C18H26N2O2S. The minimum atomic E-state index is 0.0616. The van der Waals surface area contributed by atoms with E-state index in [-0.39, 0.29) is 12.0 Å². The van der Waals surface area contributed by atoms with Crippen molar-refractivity contribution in [2.45, 2.75) is 38.8 Å². The average molecular weight is 334 g/mol. The fourth-order valence-electron chi connectivity index (χ4n) is 3.13. The molecule has 1 aromatic carbocycles. The van der Waals surface area contributed by atoms with Crippen LogP contribution in [-0.2, 0) is 16.1 Å². The quantitative estimate of drug-likeness (QED) is 0.899. The first kappa shape index (κ1) is 16.8. The van der Waals surface area contributed by atoms with Crippen LogP contribution in [0.1, 0.15) is 30.4 Å². The van der Waals surface area contributed by atoms with Crippen molar-refractivity contribution < 1.29 is 9.53 Å². The molecule has 2 saturated heterocycles. The molecule has 1 unspecified atom stereocenters. The summed E-state index contributed by atoms with van der Waals surface area (Å²) in [5.41, 5.74) is 3.33. The topological polar surface area (TPSA) is 41.6 Å². The average Bonchev–Trinajstić information content (AvgIpc) is 3.04. The standard InChI is InChI=1S/C18H26N2O2S/c1-14-4-5-15(13-20-6-9-23-10-7-20)11-17(14)19-18(21)12-16-3-2-8-22-16/h4-5,11,16H,2-3,6-10,12-13H2,1H3,(H,19,21). The molecule has 2 aliphatic heterocycles. The van der Waals surface area contributed by atoms with Gasteiger partial charge in [-0.25, -0.2) is 0 Å². The third kappa shape index (κ3) is 4.96. The van der Waals surface area contributed by atoms with Gasteiger partial charge in [0.1, 0.15) is 0 Å². The van der Waals surface area contributed by atoms with E-state index < -0.39 is 0 Å². The van der Waals surface area contributed by atoms with E-state index >= 15 is 0 Å². The molecule has 0 saturated carbocycles. The highest BCUT2D eigenvalue weighted by atomic mass is 32.2. The molecule has 1 atom stereocenters. The van der Waals surface area contributed by atoms with Crippen molar-refractivity contribution in [3.63, 3.8) is 0 Å². The summed E-state index contributed by atoms with van der Waals surface area (Å²) in [5.74, 6) is 2.50. The Balaban J connectivity index is 1.59. The number of aryl methyl sites for hydroxylation is 1. The summed E-state index contributed by atoms with van der Waals surface area (Å²) in [6.07, 6.45) is 2.64. The highest BCUT2D eigenvalue weighted by Crippen LogP contribution is 2.21. The van der Waals surface area contributed by atoms with Crippen molar-refractivity contribution in [1.82, 2.24) is 4.90 Å². The van der Waals surface area contributed by atoms with E-state index in [0.29, 0.717) is 6.42 Å². The normalized spacial score (nSPS) is 22.2. The van der Waals surface area contributed by atoms with Crippen LogP contribution in [0.15, 0.2) is 18.2 Å². The zero-order chi connectivity index (χ0) is 16.1. The molecule has 0 radical (unpaired) electrons. The number of amides is 1. The van der Waals surface area contributed by atoms with E-state index in [9.17, 15) is 4.79 Å². The van der Waals surface area contributed by atoms with Crippen molar-refractivity contribution in [3.8, 4) is 0 Å². The lowest BCUT2D eigenvalue weighted by Gasteiger charge is -2.26. The zero-order valence-electron chi connectivity index (χ0n) is 13.8. The van der Waals surface area contributed by atoms with Gasteiger partial charge in [-0.05, 0) is 37.0 Å². The van der Waals surface area contributed by atoms with Gasteiger partial charge in [0.25, 0.3) is 0 Å². The molecule has 0 bridgehead atoms. The molecule has 3 rings (SSSR count). The van der Waals surface area contributed by atoms with Crippen molar-refractivity contribution >= 4 is 23.4 Å². The van der Waals surface area contributed by atoms with E-state index in [1.54, 1.807) is 0 Å². The molecule has 2 aliphatic rings. The van der Waals surface area contributed by atoms with Gasteiger partial charge in [0.15, 0.2) is 0 Å². The Kier molecular flexibility index (Phi) is 5.97. The lowest BCUT2D eigenvalue weighted by atomic mass is 10.1. The summed E-state index contributed by atoms with van der Waals surface area (Å²) >= 11 is 2.03. The van der Waals surface area contributed by atoms with Crippen LogP contribution in [0.3, 0.4) is 0 Å². The van der Waals surface area contributed by atoms with Gasteiger partial charge in [-0.1, -0.05) is 12.1 Å². The SMILES string of the molecule is Cc1ccc(CN2CCSCC2)cc1NC(=O)CC1CCCO1. The molecule has 0 spiro atoms. The van der Waals surface area contributed by atoms with Gasteiger partial charge in [0.05, 0.1) is 12.5 Å². The smallest absolute Gasteiger partial charge is 0.226 e. The number of hydrogen-bond donors (Lipinski definition) is 1. The Labute approximate surface area is 143 Å². The molecule has 2 heterocycles. The molecule has 5 heteroatoms. The fraction of sp³-hybridized carbons (Fsp3) is 0.611. The lowest BCUT2D eigenvalue weighted by molar-refractivity contribution is -0.118. The number of rotatable bonds is 5. The predicted octanol–water partition coefficient (Wildman–Crippen LogP) is 3.05. The molecule has 4 nitrogen and oxygen atoms in total. The molecule has 0 aliphatic carbocycles. The summed E-state index contributed by atoms with van der Waals surface area (Å²) in [6.45, 7) is 6.11. The summed E-state index contributed by atoms with van der Waals surface area (Å²) in [6, 6.07) is 6.41. The number of benzene rings is 1. The predicted molar refractivity (Wildman–Crippen MR) is 96.0 cm³/mol. The first-order chi connectivity index (χ1) is 11.2. The Morgan fingerprint density at radius 1 is 1.39 bits per heavy atom. The Bertz CT molecular complexity index is 538. The van der Waals surface area contributed by atoms with Crippen LogP contribution >= 0.6 is 11.8 Å². The number of carbonyl (C=O) groups is 1. The van der Waals surface area contributed by atoms with Crippen LogP contribution in [0.25, 0.3) is 0 Å². The zero-order valence-corrected chi connectivity index (χ0v) is 14.7. The molecule has 1 N–H and O–H groups in total. The second kappa shape index (κ2) is 8.18. The molecule has 23 heavy (non-hydrogen) atoms. The second-order valence-electron chi connectivity index (χ2n) is 6.43. The molecule has 1 amide bonds. The lowest BCUT2D eigenvalue weighted by Crippen LogP contribution is -2.32. The molecule has 126 valence electrons. The fourth-order valence-corrected chi connectivity index (χ4v) is 4.11. The van der Waals surface area contributed by atoms with E-state index in [4.69, 9.17) is 4.74 Å². The van der Waals surface area contributed by atoms with E-state index in [1.807, 2.05) is 18.7 Å². The minimum Gasteiger partial charge on any atom is -0.378 e. The van der Waals surface area contributed by atoms with E-state index in [0.717, 1.165) is 50.3 Å². The van der Waals surface area contributed by atoms with Gasteiger partial charge in [0.2, 0.25) is 5.91 Å². The number of thioether (sulfide) groups is 1. The largest absolute Gasteiger partial charge is 0.378 e. The van der Waals surface area contributed by atoms with Gasteiger partial charge in [0, 0.05) is 43.4 Å². The van der Waals surface area contributed by atoms with Gasteiger partial charge in [-0.2, -0.15) is 11.8 Å². The molecule has 1 aromatic rings. The van der Waals surface area contributed by atoms with Crippen LogP contribution < -0.4 is 5.32 Å². The third-order valence-corrected chi connectivity index (χ3v) is 5.47. The first-order valence-corrected chi connectivity index (χ1v) is 9.67. The van der Waals surface area contributed by atoms with Gasteiger partial charge in [-0.3, -0.25) is 9.69 Å². The van der Waals surface area contributed by atoms with Crippen molar-refractivity contribution in [2.75, 3.05) is 36.5 Å². The maximum Gasteiger partial charge on any atom is 0.226 e. The number of anilines is 1. The summed E-state index contributed by atoms with van der Waals surface area (Å²) in [5, 5.41) is 3.07. The monoisotopic (exact) mass is 334 g/mol. The van der Waals surface area contributed by atoms with Gasteiger partial charge in [-0.15, -0.1) is 0 Å².